The molecular formula is C26H24F3N3O4. The summed E-state index contributed by atoms with van der Waals surface area (Å²) in [4.78, 5) is 14.9. The number of urea groups is 1. The van der Waals surface area contributed by atoms with E-state index >= 15 is 0 Å². The van der Waals surface area contributed by atoms with Crippen LogP contribution in [0, 0.1) is 0 Å². The van der Waals surface area contributed by atoms with Crippen LogP contribution in [0.3, 0.4) is 0 Å². The summed E-state index contributed by atoms with van der Waals surface area (Å²) in [7, 11) is 0. The number of β-amino-alcohol motifs (C(OH)–C–C–N with tert-alkyl or cyclic N) is 1. The molecule has 2 aliphatic heterocycles. The zero-order valence-electron chi connectivity index (χ0n) is 19.1. The molecule has 0 radical (unpaired) electrons. The van der Waals surface area contributed by atoms with Crippen LogP contribution in [0.1, 0.15) is 17.5 Å². The van der Waals surface area contributed by atoms with Crippen LogP contribution >= 0.6 is 0 Å². The van der Waals surface area contributed by atoms with Crippen molar-refractivity contribution >= 4 is 17.5 Å². The number of hydrazone groups is 1. The summed E-state index contributed by atoms with van der Waals surface area (Å²) < 4.78 is 47.1. The normalized spacial score (nSPS) is 19.7. The second kappa shape index (κ2) is 11.3. The Hall–Kier alpha value is -3.85. The minimum Gasteiger partial charge on any atom is -0.406 e. The average Bonchev–Trinajstić information content (AvgIpc) is 3.11. The van der Waals surface area contributed by atoms with Crippen LogP contribution in [0.5, 0.6) is 5.75 Å². The third kappa shape index (κ3) is 6.85. The van der Waals surface area contributed by atoms with Crippen LogP contribution in [0.25, 0.3) is 5.57 Å². The summed E-state index contributed by atoms with van der Waals surface area (Å²) in [5, 5.41) is 15.3. The van der Waals surface area contributed by atoms with Crippen molar-refractivity contribution in [2.24, 2.45) is 5.10 Å². The fourth-order valence-corrected chi connectivity index (χ4v) is 3.78. The molecule has 0 spiro atoms. The Balaban J connectivity index is 1.47. The van der Waals surface area contributed by atoms with Crippen molar-refractivity contribution in [3.63, 3.8) is 0 Å². The highest BCUT2D eigenvalue weighted by Crippen LogP contribution is 2.27. The maximum Gasteiger partial charge on any atom is 0.573 e. The highest BCUT2D eigenvalue weighted by Gasteiger charge is 2.32. The van der Waals surface area contributed by atoms with Crippen LogP contribution in [0.2, 0.25) is 0 Å². The third-order valence-electron chi connectivity index (χ3n) is 5.50. The third-order valence-corrected chi connectivity index (χ3v) is 5.50. The monoisotopic (exact) mass is 499 g/mol. The topological polar surface area (TPSA) is 74.6 Å². The number of carbonyl (C=O) groups excluding carboxylic acids is 1. The van der Waals surface area contributed by atoms with Crippen LogP contribution in [0.4, 0.5) is 18.0 Å². The first kappa shape index (κ1) is 25.2. The zero-order chi connectivity index (χ0) is 25.5. The van der Waals surface area contributed by atoms with E-state index in [2.05, 4.69) is 15.7 Å². The van der Waals surface area contributed by atoms with Gasteiger partial charge in [0, 0.05) is 18.5 Å². The van der Waals surface area contributed by atoms with Gasteiger partial charge in [-0.1, -0.05) is 54.6 Å². The number of aliphatic hydroxyl groups excluding tert-OH is 1. The fraction of sp³-hybridized carbons (Fsp3) is 0.269. The van der Waals surface area contributed by atoms with Gasteiger partial charge in [0.25, 0.3) is 0 Å². The van der Waals surface area contributed by atoms with Crippen molar-refractivity contribution in [2.45, 2.75) is 31.5 Å². The molecule has 2 atom stereocenters. The van der Waals surface area contributed by atoms with E-state index in [1.54, 1.807) is 18.2 Å². The molecule has 0 bridgehead atoms. The molecule has 36 heavy (non-hydrogen) atoms. The van der Waals surface area contributed by atoms with Gasteiger partial charge >= 0.3 is 12.4 Å². The Labute approximate surface area is 206 Å². The number of rotatable bonds is 6. The second-order valence-electron chi connectivity index (χ2n) is 8.16. The van der Waals surface area contributed by atoms with E-state index in [0.29, 0.717) is 24.2 Å². The standard InChI is InChI=1S/C26H24F3N3O4/c27-26(28,29)36-24-12-8-20(9-13-24)21-7-4-14-30-32(15-21)25(34)31-16-23(33)11-10-22(31)18-35-17-19-5-2-1-3-6-19/h1-6,8-13,15,22-23,33H,7,16-18H2/t22-,23-/m1/s1. The maximum absolute atomic E-state index is 13.4. The first-order chi connectivity index (χ1) is 17.3. The number of carbonyl (C=O) groups is 1. The Morgan fingerprint density at radius 2 is 1.86 bits per heavy atom. The van der Waals surface area contributed by atoms with Gasteiger partial charge in [-0.05, 0) is 34.9 Å². The number of hydrogen-bond donors (Lipinski definition) is 1. The van der Waals surface area contributed by atoms with E-state index in [0.717, 1.165) is 10.6 Å². The summed E-state index contributed by atoms with van der Waals surface area (Å²) in [6.45, 7) is 0.643. The summed E-state index contributed by atoms with van der Waals surface area (Å²) >= 11 is 0. The smallest absolute Gasteiger partial charge is 0.406 e. The Morgan fingerprint density at radius 1 is 1.11 bits per heavy atom. The highest BCUT2D eigenvalue weighted by molar-refractivity contribution is 5.81. The largest absolute Gasteiger partial charge is 0.573 e. The lowest BCUT2D eigenvalue weighted by Crippen LogP contribution is -2.51. The van der Waals surface area contributed by atoms with Gasteiger partial charge in [0.1, 0.15) is 5.75 Å². The van der Waals surface area contributed by atoms with E-state index in [-0.39, 0.29) is 18.9 Å². The van der Waals surface area contributed by atoms with Crippen molar-refractivity contribution in [3.05, 3.63) is 90.2 Å². The molecule has 2 heterocycles. The van der Waals surface area contributed by atoms with E-state index in [1.165, 1.54) is 35.4 Å². The fourth-order valence-electron chi connectivity index (χ4n) is 3.78. The van der Waals surface area contributed by atoms with Gasteiger partial charge in [-0.2, -0.15) is 5.01 Å². The molecule has 7 nitrogen and oxygen atoms in total. The predicted molar refractivity (Wildman–Crippen MR) is 127 cm³/mol. The van der Waals surface area contributed by atoms with Crippen molar-refractivity contribution in [2.75, 3.05) is 13.2 Å². The number of aliphatic hydroxyl groups is 1. The number of nitrogens with zero attached hydrogens (tertiary/aromatic N) is 3. The molecular weight excluding hydrogens is 475 g/mol. The average molecular weight is 499 g/mol. The van der Waals surface area contributed by atoms with Crippen LogP contribution in [-0.4, -0.2) is 58.6 Å². The Bertz CT molecular complexity index is 1170. The van der Waals surface area contributed by atoms with Gasteiger partial charge in [-0.25, -0.2) is 4.79 Å². The molecule has 0 saturated heterocycles. The van der Waals surface area contributed by atoms with E-state index in [9.17, 15) is 23.1 Å². The molecule has 2 aromatic carbocycles. The molecule has 2 aliphatic rings. The molecule has 10 heteroatoms. The number of ether oxygens (including phenoxy) is 2. The number of alkyl halides is 3. The van der Waals surface area contributed by atoms with Crippen molar-refractivity contribution in [1.82, 2.24) is 9.91 Å². The van der Waals surface area contributed by atoms with Gasteiger partial charge < -0.3 is 19.5 Å². The number of amides is 2. The Kier molecular flexibility index (Phi) is 7.90. The molecule has 4 rings (SSSR count). The number of hydrogen-bond acceptors (Lipinski definition) is 5. The zero-order valence-corrected chi connectivity index (χ0v) is 19.1. The molecule has 2 amide bonds. The maximum atomic E-state index is 13.4. The number of halogens is 3. The van der Waals surface area contributed by atoms with Crippen LogP contribution in [-0.2, 0) is 11.3 Å². The lowest BCUT2D eigenvalue weighted by molar-refractivity contribution is -0.274. The minimum absolute atomic E-state index is 0.0527. The van der Waals surface area contributed by atoms with Crippen molar-refractivity contribution < 1.29 is 32.5 Å². The minimum atomic E-state index is -4.78. The summed E-state index contributed by atoms with van der Waals surface area (Å²) in [6, 6.07) is 14.1. The van der Waals surface area contributed by atoms with Gasteiger partial charge in [0.05, 0.1) is 31.9 Å². The van der Waals surface area contributed by atoms with Crippen molar-refractivity contribution in [3.8, 4) is 5.75 Å². The van der Waals surface area contributed by atoms with Gasteiger partial charge in [-0.15, -0.1) is 18.3 Å². The quantitative estimate of drug-likeness (QED) is 0.585. The number of allylic oxidation sites excluding steroid dienone is 2. The van der Waals surface area contributed by atoms with Crippen LogP contribution in [0.15, 0.2) is 84.1 Å². The van der Waals surface area contributed by atoms with E-state index in [4.69, 9.17) is 4.74 Å². The first-order valence-electron chi connectivity index (χ1n) is 11.2. The molecule has 0 aromatic heterocycles. The van der Waals surface area contributed by atoms with Crippen LogP contribution < -0.4 is 4.74 Å². The molecule has 188 valence electrons. The molecule has 1 N–H and O–H groups in total. The van der Waals surface area contributed by atoms with Gasteiger partial charge in [0.2, 0.25) is 0 Å². The first-order valence-corrected chi connectivity index (χ1v) is 11.2. The highest BCUT2D eigenvalue weighted by atomic mass is 19.4. The van der Waals surface area contributed by atoms with Gasteiger partial charge in [-0.3, -0.25) is 0 Å². The van der Waals surface area contributed by atoms with E-state index < -0.39 is 24.5 Å². The summed E-state index contributed by atoms with van der Waals surface area (Å²) in [6.07, 6.45) is 1.21. The second-order valence-corrected chi connectivity index (χ2v) is 8.16. The molecule has 0 saturated carbocycles. The lowest BCUT2D eigenvalue weighted by Gasteiger charge is -2.35. The van der Waals surface area contributed by atoms with Gasteiger partial charge in [0.15, 0.2) is 0 Å². The number of benzene rings is 2. The lowest BCUT2D eigenvalue weighted by atomic mass is 10.0. The van der Waals surface area contributed by atoms with Crippen molar-refractivity contribution in [1.29, 1.82) is 0 Å². The summed E-state index contributed by atoms with van der Waals surface area (Å²) in [5.41, 5.74) is 2.23. The summed E-state index contributed by atoms with van der Waals surface area (Å²) in [5.74, 6) is 2.35. The molecule has 0 fully saturated rings. The Morgan fingerprint density at radius 3 is 2.58 bits per heavy atom. The molecule has 2 aromatic rings. The van der Waals surface area contributed by atoms with E-state index in [1.807, 2.05) is 30.3 Å². The SMILES string of the molecule is O=C(N1C=C(c2ccc(OC(F)(F)F)cc2)CC=C=N1)N1C[C@H](O)C=C[C@@H]1COCc1ccccc1. The molecule has 0 unspecified atom stereocenters. The molecule has 0 aliphatic carbocycles. The predicted octanol–water partition coefficient (Wildman–Crippen LogP) is 4.71.